The van der Waals surface area contributed by atoms with E-state index >= 15 is 0 Å². The molecule has 2 N–H and O–H groups in total. The number of aliphatic hydroxyl groups excluding tert-OH is 1. The van der Waals surface area contributed by atoms with E-state index < -0.39 is 72.8 Å². The summed E-state index contributed by atoms with van der Waals surface area (Å²) in [6.07, 6.45) is -9.83. The smallest absolute Gasteiger partial charge is 0.384 e. The number of hydrogen-bond donors (Lipinski definition) is 2. The van der Waals surface area contributed by atoms with E-state index in [2.05, 4.69) is 0 Å². The Labute approximate surface area is 271 Å². The van der Waals surface area contributed by atoms with E-state index in [4.69, 9.17) is 0 Å². The number of hydrogen-bond acceptors (Lipinski definition) is 4. The molecule has 0 fully saturated rings. The van der Waals surface area contributed by atoms with Gasteiger partial charge in [-0.2, -0.15) is 30.7 Å². The van der Waals surface area contributed by atoms with Gasteiger partial charge in [-0.25, -0.2) is 0 Å². The van der Waals surface area contributed by atoms with Crippen molar-refractivity contribution in [2.45, 2.75) is 56.5 Å². The summed E-state index contributed by atoms with van der Waals surface area (Å²) in [5, 5.41) is 12.3. The topological polar surface area (TPSA) is 89.9 Å². The second-order valence-electron chi connectivity index (χ2n) is 11.6. The van der Waals surface area contributed by atoms with E-state index in [9.17, 15) is 50.2 Å². The molecule has 3 unspecified atom stereocenters. The number of alkyl halides is 7. The minimum Gasteiger partial charge on any atom is -0.384 e. The highest BCUT2D eigenvalue weighted by molar-refractivity contribution is 6.03. The van der Waals surface area contributed by atoms with Crippen LogP contribution in [0.25, 0.3) is 5.70 Å². The van der Waals surface area contributed by atoms with Crippen molar-refractivity contribution in [3.05, 3.63) is 114 Å². The van der Waals surface area contributed by atoms with E-state index in [0.717, 1.165) is 4.90 Å². The Morgan fingerprint density at radius 3 is 1.88 bits per heavy atom. The summed E-state index contributed by atoms with van der Waals surface area (Å²) in [5.41, 5.74) is 0.803. The third-order valence-corrected chi connectivity index (χ3v) is 7.80. The number of benzene rings is 3. The lowest BCUT2D eigenvalue weighted by atomic mass is 9.93. The maximum absolute atomic E-state index is 14.7. The van der Waals surface area contributed by atoms with Crippen LogP contribution in [-0.2, 0) is 16.0 Å². The van der Waals surface area contributed by atoms with Crippen LogP contribution in [0, 0.1) is 5.92 Å². The molecular formula is C34H32F7N3O4. The maximum atomic E-state index is 14.7. The van der Waals surface area contributed by atoms with Gasteiger partial charge in [0.2, 0.25) is 5.91 Å². The van der Waals surface area contributed by atoms with Crippen LogP contribution >= 0.6 is 0 Å². The number of rotatable bonds is 11. The number of carbonyl (C=O) groups excluding carboxylic acids is 3. The highest BCUT2D eigenvalue weighted by Gasteiger charge is 2.76. The second kappa shape index (κ2) is 14.2. The van der Waals surface area contributed by atoms with Crippen molar-refractivity contribution < 1.29 is 50.2 Å². The van der Waals surface area contributed by atoms with E-state index in [1.54, 1.807) is 74.5 Å². The molecule has 1 aliphatic rings. The lowest BCUT2D eigenvalue weighted by Gasteiger charge is -2.41. The fourth-order valence-electron chi connectivity index (χ4n) is 5.34. The van der Waals surface area contributed by atoms with Gasteiger partial charge in [0.15, 0.2) is 0 Å². The molecule has 0 aromatic heterocycles. The van der Waals surface area contributed by atoms with E-state index in [0.29, 0.717) is 5.56 Å². The average molecular weight is 680 g/mol. The predicted octanol–water partition coefficient (Wildman–Crippen LogP) is 5.92. The van der Waals surface area contributed by atoms with Gasteiger partial charge in [-0.1, -0.05) is 92.7 Å². The largest absolute Gasteiger partial charge is 0.459 e. The Kier molecular flexibility index (Phi) is 10.7. The summed E-state index contributed by atoms with van der Waals surface area (Å²) in [7, 11) is 0. The summed E-state index contributed by atoms with van der Waals surface area (Å²) < 4.78 is 96.3. The summed E-state index contributed by atoms with van der Waals surface area (Å²) >= 11 is 0. The van der Waals surface area contributed by atoms with Gasteiger partial charge in [0, 0.05) is 11.8 Å². The molecule has 3 atom stereocenters. The first-order valence-corrected chi connectivity index (χ1v) is 14.8. The summed E-state index contributed by atoms with van der Waals surface area (Å²) in [4.78, 5) is 43.3. The molecule has 0 aliphatic carbocycles. The van der Waals surface area contributed by atoms with Gasteiger partial charge in [-0.05, 0) is 35.6 Å². The number of aliphatic hydroxyl groups is 1. The van der Waals surface area contributed by atoms with Crippen LogP contribution in [0.5, 0.6) is 0 Å². The summed E-state index contributed by atoms with van der Waals surface area (Å²) in [6, 6.07) is 19.7. The number of halogens is 7. The monoisotopic (exact) mass is 679 g/mol. The molecular weight excluding hydrogens is 647 g/mol. The van der Waals surface area contributed by atoms with Crippen molar-refractivity contribution in [3.63, 3.8) is 0 Å². The molecule has 256 valence electrons. The molecule has 48 heavy (non-hydrogen) atoms. The van der Waals surface area contributed by atoms with E-state index in [1.165, 1.54) is 41.4 Å². The van der Waals surface area contributed by atoms with Crippen LogP contribution in [0.1, 0.15) is 35.3 Å². The Bertz CT molecular complexity index is 1620. The first kappa shape index (κ1) is 36.1. The Balaban J connectivity index is 1.72. The highest BCUT2D eigenvalue weighted by atomic mass is 19.4. The van der Waals surface area contributed by atoms with Crippen molar-refractivity contribution >= 4 is 23.4 Å². The molecule has 0 spiro atoms. The molecule has 3 aromatic rings. The molecule has 0 bridgehead atoms. The molecule has 3 aromatic carbocycles. The van der Waals surface area contributed by atoms with Crippen LogP contribution in [-0.4, -0.2) is 75.4 Å². The third-order valence-electron chi connectivity index (χ3n) is 7.80. The Morgan fingerprint density at radius 2 is 1.35 bits per heavy atom. The van der Waals surface area contributed by atoms with Gasteiger partial charge in [0.1, 0.15) is 18.7 Å². The average Bonchev–Trinajstić information content (AvgIpc) is 3.05. The maximum Gasteiger partial charge on any atom is 0.459 e. The Hall–Kier alpha value is -4.72. The SMILES string of the molecule is CC(C)C1C(=O)N(CC(=O)NC(Cc2ccccc2)C(O)C(F)(F)C(F)(F)C(F)(F)F)C(c2ccccc2)=CN1C(=O)c1ccccc1. The normalized spacial score (nSPS) is 17.2. The zero-order valence-corrected chi connectivity index (χ0v) is 25.7. The third kappa shape index (κ3) is 7.38. The molecule has 14 heteroatoms. The zero-order valence-electron chi connectivity index (χ0n) is 25.7. The van der Waals surface area contributed by atoms with Gasteiger partial charge < -0.3 is 15.3 Å². The summed E-state index contributed by atoms with van der Waals surface area (Å²) in [5.74, 6) is -15.7. The first-order valence-electron chi connectivity index (χ1n) is 14.8. The lowest BCUT2D eigenvalue weighted by molar-refractivity contribution is -0.372. The van der Waals surface area contributed by atoms with E-state index in [-0.39, 0.29) is 16.8 Å². The van der Waals surface area contributed by atoms with Crippen LogP contribution < -0.4 is 5.32 Å². The first-order chi connectivity index (χ1) is 22.5. The molecule has 1 aliphatic heterocycles. The van der Waals surface area contributed by atoms with E-state index in [1.807, 2.05) is 5.32 Å². The number of nitrogens with zero attached hydrogens (tertiary/aromatic N) is 2. The second-order valence-corrected chi connectivity index (χ2v) is 11.6. The summed E-state index contributed by atoms with van der Waals surface area (Å²) in [6.45, 7) is 2.39. The molecule has 0 saturated carbocycles. The lowest BCUT2D eigenvalue weighted by Crippen LogP contribution is -2.64. The number of nitrogens with one attached hydrogen (secondary N) is 1. The quantitative estimate of drug-likeness (QED) is 0.247. The van der Waals surface area contributed by atoms with Gasteiger partial charge >= 0.3 is 18.0 Å². The van der Waals surface area contributed by atoms with Crippen molar-refractivity contribution in [2.75, 3.05) is 6.54 Å². The minimum absolute atomic E-state index is 0.0472. The molecule has 0 radical (unpaired) electrons. The molecule has 3 amide bonds. The van der Waals surface area contributed by atoms with Crippen LogP contribution in [0.15, 0.2) is 97.2 Å². The van der Waals surface area contributed by atoms with Gasteiger partial charge in [0.05, 0.1) is 11.7 Å². The van der Waals surface area contributed by atoms with Crippen molar-refractivity contribution in [1.29, 1.82) is 0 Å². The molecule has 7 nitrogen and oxygen atoms in total. The number of carbonyl (C=O) groups is 3. The van der Waals surface area contributed by atoms with Crippen molar-refractivity contribution in [2.24, 2.45) is 5.92 Å². The van der Waals surface area contributed by atoms with Crippen LogP contribution in [0.4, 0.5) is 30.7 Å². The van der Waals surface area contributed by atoms with Gasteiger partial charge in [-0.3, -0.25) is 19.3 Å². The number of amides is 3. The standard InChI is InChI=1S/C34H32F7N3O4/c1-21(2)28-31(48)43(26(23-14-8-4-9-15-23)19-44(28)30(47)24-16-10-5-11-17-24)20-27(45)42-25(18-22-12-6-3-7-13-22)29(46)32(35,36)33(37,38)34(39,40)41/h3-17,19,21,25,28-29,46H,18,20H2,1-2H3,(H,42,45). The Morgan fingerprint density at radius 1 is 0.833 bits per heavy atom. The zero-order chi connectivity index (χ0) is 35.4. The van der Waals surface area contributed by atoms with Crippen molar-refractivity contribution in [1.82, 2.24) is 15.1 Å². The fraction of sp³-hybridized carbons (Fsp3) is 0.324. The highest BCUT2D eigenvalue weighted by Crippen LogP contribution is 2.48. The van der Waals surface area contributed by atoms with Gasteiger partial charge in [-0.15, -0.1) is 0 Å². The van der Waals surface area contributed by atoms with Crippen LogP contribution in [0.3, 0.4) is 0 Å². The molecule has 0 saturated heterocycles. The molecule has 1 heterocycles. The fourth-order valence-corrected chi connectivity index (χ4v) is 5.34. The van der Waals surface area contributed by atoms with Crippen molar-refractivity contribution in [3.8, 4) is 0 Å². The van der Waals surface area contributed by atoms with Crippen LogP contribution in [0.2, 0.25) is 0 Å². The predicted molar refractivity (Wildman–Crippen MR) is 161 cm³/mol. The minimum atomic E-state index is -6.72. The van der Waals surface area contributed by atoms with Gasteiger partial charge in [0.25, 0.3) is 11.8 Å². The molecule has 4 rings (SSSR count).